The van der Waals surface area contributed by atoms with Gasteiger partial charge in [0, 0.05) is 11.1 Å². The summed E-state index contributed by atoms with van der Waals surface area (Å²) < 4.78 is 11.5. The monoisotopic (exact) mass is 327 g/mol. The van der Waals surface area contributed by atoms with Crippen molar-refractivity contribution in [3.63, 3.8) is 0 Å². The van der Waals surface area contributed by atoms with Crippen molar-refractivity contribution in [3.8, 4) is 23.3 Å². The predicted molar refractivity (Wildman–Crippen MR) is 91.6 cm³/mol. The second-order valence-electron chi connectivity index (χ2n) is 5.67. The van der Waals surface area contributed by atoms with Gasteiger partial charge in [0.2, 0.25) is 0 Å². The molecule has 0 saturated heterocycles. The molecule has 25 heavy (non-hydrogen) atoms. The highest BCUT2D eigenvalue weighted by atomic mass is 16.5. The molecule has 1 aliphatic heterocycles. The molecular weight excluding hydrogens is 314 g/mol. The number of ether oxygens (including phenoxy) is 2. The number of benzene rings is 3. The van der Waals surface area contributed by atoms with E-state index in [0.717, 1.165) is 11.1 Å². The number of carbonyl (C=O) groups excluding carboxylic acids is 1. The molecule has 4 nitrogen and oxygen atoms in total. The number of rotatable bonds is 2. The van der Waals surface area contributed by atoms with E-state index < -0.39 is 11.9 Å². The van der Waals surface area contributed by atoms with Crippen LogP contribution in [0.15, 0.2) is 72.8 Å². The van der Waals surface area contributed by atoms with Crippen molar-refractivity contribution in [2.75, 3.05) is 0 Å². The predicted octanol–water partition coefficient (Wildman–Crippen LogP) is 4.40. The third-order valence-corrected chi connectivity index (χ3v) is 4.10. The summed E-state index contributed by atoms with van der Waals surface area (Å²) in [4.78, 5) is 12.9. The molecule has 0 spiro atoms. The minimum atomic E-state index is -0.577. The standard InChI is InChI=1S/C21H13NO3/c22-13-14-6-5-7-15(12-14)24-21(23)20-16-8-1-3-10-18(16)25-19-11-4-2-9-17(19)20/h1-12,20H. The van der Waals surface area contributed by atoms with E-state index in [1.54, 1.807) is 24.3 Å². The van der Waals surface area contributed by atoms with Gasteiger partial charge in [-0.25, -0.2) is 0 Å². The molecule has 0 atom stereocenters. The van der Waals surface area contributed by atoms with Crippen LogP contribution in [-0.2, 0) is 4.79 Å². The lowest BCUT2D eigenvalue weighted by atomic mass is 9.88. The van der Waals surface area contributed by atoms with Crippen molar-refractivity contribution in [2.45, 2.75) is 5.92 Å². The van der Waals surface area contributed by atoms with Crippen molar-refractivity contribution >= 4 is 5.97 Å². The molecule has 0 N–H and O–H groups in total. The van der Waals surface area contributed by atoms with Crippen LogP contribution < -0.4 is 9.47 Å². The summed E-state index contributed by atoms with van der Waals surface area (Å²) >= 11 is 0. The van der Waals surface area contributed by atoms with Gasteiger partial charge in [-0.1, -0.05) is 42.5 Å². The van der Waals surface area contributed by atoms with E-state index in [-0.39, 0.29) is 0 Å². The highest BCUT2D eigenvalue weighted by molar-refractivity contribution is 5.87. The number of para-hydroxylation sites is 2. The Morgan fingerprint density at radius 2 is 1.56 bits per heavy atom. The van der Waals surface area contributed by atoms with E-state index in [9.17, 15) is 4.79 Å². The van der Waals surface area contributed by atoms with E-state index in [1.165, 1.54) is 0 Å². The summed E-state index contributed by atoms with van der Waals surface area (Å²) in [6.45, 7) is 0. The fourth-order valence-electron chi connectivity index (χ4n) is 2.97. The second-order valence-corrected chi connectivity index (χ2v) is 5.67. The molecule has 1 heterocycles. The number of carbonyl (C=O) groups is 1. The van der Waals surface area contributed by atoms with Gasteiger partial charge in [-0.15, -0.1) is 0 Å². The lowest BCUT2D eigenvalue weighted by molar-refractivity contribution is -0.135. The number of hydrogen-bond donors (Lipinski definition) is 0. The molecule has 0 aliphatic carbocycles. The summed E-state index contributed by atoms with van der Waals surface area (Å²) in [5.74, 6) is 0.665. The Morgan fingerprint density at radius 3 is 2.20 bits per heavy atom. The van der Waals surface area contributed by atoms with Crippen LogP contribution in [0.3, 0.4) is 0 Å². The van der Waals surface area contributed by atoms with Gasteiger partial charge in [-0.05, 0) is 30.3 Å². The first-order valence-electron chi connectivity index (χ1n) is 7.84. The van der Waals surface area contributed by atoms with Gasteiger partial charge in [0.15, 0.2) is 0 Å². The quantitative estimate of drug-likeness (QED) is 0.517. The Labute approximate surface area is 144 Å². The summed E-state index contributed by atoms with van der Waals surface area (Å²) in [6, 6.07) is 23.5. The van der Waals surface area contributed by atoms with E-state index in [2.05, 4.69) is 0 Å². The minimum Gasteiger partial charge on any atom is -0.457 e. The molecule has 120 valence electrons. The first kappa shape index (κ1) is 15.0. The van der Waals surface area contributed by atoms with Gasteiger partial charge in [0.05, 0.1) is 11.6 Å². The fourth-order valence-corrected chi connectivity index (χ4v) is 2.97. The first-order valence-corrected chi connectivity index (χ1v) is 7.84. The highest BCUT2D eigenvalue weighted by Gasteiger charge is 2.33. The molecular formula is C21H13NO3. The molecule has 0 unspecified atom stereocenters. The summed E-state index contributed by atoms with van der Waals surface area (Å²) in [5.41, 5.74) is 1.98. The number of nitrogens with zero attached hydrogens (tertiary/aromatic N) is 1. The molecule has 3 aromatic carbocycles. The van der Waals surface area contributed by atoms with Gasteiger partial charge in [-0.3, -0.25) is 4.79 Å². The number of esters is 1. The van der Waals surface area contributed by atoms with E-state index >= 15 is 0 Å². The third kappa shape index (κ3) is 2.73. The SMILES string of the molecule is N#Cc1cccc(OC(=O)C2c3ccccc3Oc3ccccc32)c1. The molecule has 0 amide bonds. The van der Waals surface area contributed by atoms with Crippen LogP contribution in [0.2, 0.25) is 0 Å². The molecule has 0 aromatic heterocycles. The maximum Gasteiger partial charge on any atom is 0.323 e. The first-order chi connectivity index (χ1) is 12.3. The van der Waals surface area contributed by atoms with Crippen LogP contribution in [0, 0.1) is 11.3 Å². The van der Waals surface area contributed by atoms with Crippen LogP contribution in [0.4, 0.5) is 0 Å². The molecule has 0 saturated carbocycles. The lowest BCUT2D eigenvalue weighted by Gasteiger charge is -2.26. The fraction of sp³-hybridized carbons (Fsp3) is 0.0476. The zero-order valence-corrected chi connectivity index (χ0v) is 13.2. The molecule has 0 fully saturated rings. The van der Waals surface area contributed by atoms with Crippen LogP contribution in [0.5, 0.6) is 17.2 Å². The van der Waals surface area contributed by atoms with E-state index in [0.29, 0.717) is 22.8 Å². The average Bonchev–Trinajstić information content (AvgIpc) is 2.66. The third-order valence-electron chi connectivity index (χ3n) is 4.10. The van der Waals surface area contributed by atoms with E-state index in [4.69, 9.17) is 14.7 Å². The summed E-state index contributed by atoms with van der Waals surface area (Å²) in [5, 5.41) is 9.00. The zero-order valence-electron chi connectivity index (χ0n) is 13.2. The van der Waals surface area contributed by atoms with Crippen molar-refractivity contribution < 1.29 is 14.3 Å². The molecule has 0 radical (unpaired) electrons. The van der Waals surface area contributed by atoms with Crippen molar-refractivity contribution in [2.24, 2.45) is 0 Å². The smallest absolute Gasteiger partial charge is 0.323 e. The van der Waals surface area contributed by atoms with Gasteiger partial charge in [0.25, 0.3) is 0 Å². The molecule has 4 rings (SSSR count). The van der Waals surface area contributed by atoms with Crippen LogP contribution in [0.1, 0.15) is 22.6 Å². The molecule has 4 heteroatoms. The van der Waals surface area contributed by atoms with Crippen LogP contribution in [-0.4, -0.2) is 5.97 Å². The number of fused-ring (bicyclic) bond motifs is 2. The van der Waals surface area contributed by atoms with Crippen molar-refractivity contribution in [1.82, 2.24) is 0 Å². The Hall–Kier alpha value is -3.58. The lowest BCUT2D eigenvalue weighted by Crippen LogP contribution is -2.23. The second kappa shape index (κ2) is 6.14. The zero-order chi connectivity index (χ0) is 17.2. The molecule has 3 aromatic rings. The number of hydrogen-bond acceptors (Lipinski definition) is 4. The van der Waals surface area contributed by atoms with Gasteiger partial charge in [0.1, 0.15) is 23.2 Å². The maximum absolute atomic E-state index is 12.9. The average molecular weight is 327 g/mol. The normalized spacial score (nSPS) is 12.3. The van der Waals surface area contributed by atoms with Crippen molar-refractivity contribution in [1.29, 1.82) is 5.26 Å². The largest absolute Gasteiger partial charge is 0.457 e. The Bertz CT molecular complexity index is 958. The number of nitriles is 1. The van der Waals surface area contributed by atoms with Crippen LogP contribution in [0.25, 0.3) is 0 Å². The Kier molecular flexibility index (Phi) is 3.68. The minimum absolute atomic E-state index is 0.352. The summed E-state index contributed by atoms with van der Waals surface area (Å²) in [7, 11) is 0. The van der Waals surface area contributed by atoms with Gasteiger partial charge in [-0.2, -0.15) is 5.26 Å². The van der Waals surface area contributed by atoms with E-state index in [1.807, 2.05) is 54.6 Å². The van der Waals surface area contributed by atoms with Gasteiger partial charge >= 0.3 is 5.97 Å². The van der Waals surface area contributed by atoms with Crippen molar-refractivity contribution in [3.05, 3.63) is 89.5 Å². The Morgan fingerprint density at radius 1 is 0.920 bits per heavy atom. The Balaban J connectivity index is 1.74. The highest BCUT2D eigenvalue weighted by Crippen LogP contribution is 2.44. The maximum atomic E-state index is 12.9. The molecule has 0 bridgehead atoms. The topological polar surface area (TPSA) is 59.3 Å². The van der Waals surface area contributed by atoms with Crippen LogP contribution >= 0.6 is 0 Å². The summed E-state index contributed by atoms with van der Waals surface area (Å²) in [6.07, 6.45) is 0. The van der Waals surface area contributed by atoms with Gasteiger partial charge < -0.3 is 9.47 Å². The molecule has 1 aliphatic rings.